The van der Waals surface area contributed by atoms with E-state index in [0.29, 0.717) is 0 Å². The highest BCUT2D eigenvalue weighted by Gasteiger charge is 2.14. The summed E-state index contributed by atoms with van der Waals surface area (Å²) in [5.74, 6) is -0.507. The van der Waals surface area contributed by atoms with E-state index >= 15 is 0 Å². The summed E-state index contributed by atoms with van der Waals surface area (Å²) in [7, 11) is 0. The van der Waals surface area contributed by atoms with E-state index in [0.717, 1.165) is 74.7 Å². The molecule has 0 N–H and O–H groups in total. The van der Waals surface area contributed by atoms with Gasteiger partial charge in [0.05, 0.1) is 11.4 Å². The zero-order valence-corrected chi connectivity index (χ0v) is 22.5. The molecule has 0 saturated carbocycles. The molecule has 198 valence electrons. The van der Waals surface area contributed by atoms with Crippen LogP contribution in [0, 0.1) is 11.6 Å². The number of hydrogen-bond acceptors (Lipinski definition) is 4. The van der Waals surface area contributed by atoms with Crippen LogP contribution < -0.4 is 0 Å². The molecular formula is C28H38Cl2F2N4. The Kier molecular flexibility index (Phi) is 13.6. The minimum Gasteiger partial charge on any atom is -0.303 e. The molecule has 2 aromatic rings. The first kappa shape index (κ1) is 30.4. The molecular weight excluding hydrogens is 501 g/mol. The first-order valence-electron chi connectivity index (χ1n) is 12.8. The van der Waals surface area contributed by atoms with E-state index in [9.17, 15) is 8.78 Å². The number of hydrogen-bond donors (Lipinski definition) is 0. The summed E-state index contributed by atoms with van der Waals surface area (Å²) in [6.45, 7) is 6.33. The lowest BCUT2D eigenvalue weighted by Gasteiger charge is -2.26. The maximum absolute atomic E-state index is 13.6. The zero-order chi connectivity index (χ0) is 23.6. The van der Waals surface area contributed by atoms with E-state index in [1.54, 1.807) is 24.3 Å². The molecule has 0 bridgehead atoms. The highest BCUT2D eigenvalue weighted by Crippen LogP contribution is 2.15. The minimum atomic E-state index is -0.254. The predicted octanol–water partition coefficient (Wildman–Crippen LogP) is 6.75. The van der Waals surface area contributed by atoms with Crippen LogP contribution in [0.3, 0.4) is 0 Å². The SMILES string of the molecule is Cl.Cl.Fc1ccc(/C(CCN2CCCCC2)=N\N=C(/CCN2CCCCC2)c2ccc(F)cc2)cc1. The molecule has 0 radical (unpaired) electrons. The molecule has 2 aliphatic rings. The molecule has 8 heteroatoms. The molecule has 2 saturated heterocycles. The maximum atomic E-state index is 13.6. The van der Waals surface area contributed by atoms with Gasteiger partial charge in [0.1, 0.15) is 11.6 Å². The summed E-state index contributed by atoms with van der Waals surface area (Å²) >= 11 is 0. The number of likely N-dealkylation sites (tertiary alicyclic amines) is 2. The van der Waals surface area contributed by atoms with Gasteiger partial charge in [0, 0.05) is 25.9 Å². The number of rotatable bonds is 9. The van der Waals surface area contributed by atoms with Crippen molar-refractivity contribution in [3.05, 3.63) is 71.3 Å². The van der Waals surface area contributed by atoms with E-state index in [-0.39, 0.29) is 36.4 Å². The van der Waals surface area contributed by atoms with Crippen LogP contribution >= 0.6 is 24.8 Å². The summed E-state index contributed by atoms with van der Waals surface area (Å²) in [6, 6.07) is 13.0. The third-order valence-corrected chi connectivity index (χ3v) is 6.87. The summed E-state index contributed by atoms with van der Waals surface area (Å²) < 4.78 is 27.1. The van der Waals surface area contributed by atoms with Crippen molar-refractivity contribution in [3.8, 4) is 0 Å². The van der Waals surface area contributed by atoms with Gasteiger partial charge in [-0.2, -0.15) is 10.2 Å². The average Bonchev–Trinajstić information content (AvgIpc) is 2.88. The molecule has 0 atom stereocenters. The van der Waals surface area contributed by atoms with Gasteiger partial charge in [-0.1, -0.05) is 37.1 Å². The van der Waals surface area contributed by atoms with Crippen LogP contribution in [-0.4, -0.2) is 60.5 Å². The van der Waals surface area contributed by atoms with Gasteiger partial charge in [-0.3, -0.25) is 0 Å². The molecule has 0 aliphatic carbocycles. The molecule has 2 aliphatic heterocycles. The number of nitrogens with zero attached hydrogens (tertiary/aromatic N) is 4. The van der Waals surface area contributed by atoms with E-state index in [2.05, 4.69) is 9.80 Å². The lowest BCUT2D eigenvalue weighted by Crippen LogP contribution is -2.32. The van der Waals surface area contributed by atoms with Crippen molar-refractivity contribution in [2.45, 2.75) is 51.4 Å². The van der Waals surface area contributed by atoms with Crippen LogP contribution in [0.5, 0.6) is 0 Å². The molecule has 36 heavy (non-hydrogen) atoms. The maximum Gasteiger partial charge on any atom is 0.123 e. The van der Waals surface area contributed by atoms with Crippen molar-refractivity contribution < 1.29 is 8.78 Å². The van der Waals surface area contributed by atoms with Gasteiger partial charge in [-0.05, 0) is 87.3 Å². The topological polar surface area (TPSA) is 31.2 Å². The molecule has 0 aromatic heterocycles. The molecule has 0 unspecified atom stereocenters. The average molecular weight is 540 g/mol. The van der Waals surface area contributed by atoms with Gasteiger partial charge >= 0.3 is 0 Å². The first-order valence-corrected chi connectivity index (χ1v) is 12.8. The second kappa shape index (κ2) is 16.1. The van der Waals surface area contributed by atoms with E-state index in [1.165, 1.54) is 62.8 Å². The summed E-state index contributed by atoms with van der Waals surface area (Å²) in [4.78, 5) is 4.95. The Hall–Kier alpha value is -1.86. The first-order chi connectivity index (χ1) is 16.7. The molecule has 2 heterocycles. The molecule has 2 aromatic carbocycles. The van der Waals surface area contributed by atoms with Gasteiger partial charge in [-0.25, -0.2) is 8.78 Å². The summed E-state index contributed by atoms with van der Waals surface area (Å²) in [6.07, 6.45) is 9.10. The fraction of sp³-hybridized carbons (Fsp3) is 0.500. The highest BCUT2D eigenvalue weighted by atomic mass is 35.5. The van der Waals surface area contributed by atoms with Gasteiger partial charge in [0.15, 0.2) is 0 Å². The number of benzene rings is 2. The lowest BCUT2D eigenvalue weighted by atomic mass is 10.1. The van der Waals surface area contributed by atoms with Gasteiger partial charge in [0.2, 0.25) is 0 Å². The Labute approximate surface area is 226 Å². The minimum absolute atomic E-state index is 0. The zero-order valence-electron chi connectivity index (χ0n) is 20.9. The largest absolute Gasteiger partial charge is 0.303 e. The van der Waals surface area contributed by atoms with E-state index in [1.807, 2.05) is 0 Å². The van der Waals surface area contributed by atoms with Crippen LogP contribution in [0.2, 0.25) is 0 Å². The molecule has 4 rings (SSSR count). The van der Waals surface area contributed by atoms with Crippen LogP contribution in [-0.2, 0) is 0 Å². The Morgan fingerprint density at radius 2 is 0.889 bits per heavy atom. The van der Waals surface area contributed by atoms with Crippen molar-refractivity contribution in [1.29, 1.82) is 0 Å². The summed E-state index contributed by atoms with van der Waals surface area (Å²) in [5.41, 5.74) is 3.53. The standard InChI is InChI=1S/C28H36F2N4.2ClH/c29-25-11-7-23(8-12-25)27(15-21-33-17-3-1-4-18-33)31-32-28(24-9-13-26(30)14-10-24)16-22-34-19-5-2-6-20-34;;/h7-14H,1-6,15-22H2;2*1H/b31-27-,32-28+;;. The van der Waals surface area contributed by atoms with Crippen molar-refractivity contribution in [1.82, 2.24) is 9.80 Å². The van der Waals surface area contributed by atoms with Crippen LogP contribution in [0.1, 0.15) is 62.5 Å². The Morgan fingerprint density at radius 1 is 0.556 bits per heavy atom. The number of piperidine rings is 2. The van der Waals surface area contributed by atoms with Crippen LogP contribution in [0.25, 0.3) is 0 Å². The van der Waals surface area contributed by atoms with Gasteiger partial charge in [-0.15, -0.1) is 24.8 Å². The van der Waals surface area contributed by atoms with Crippen LogP contribution in [0.4, 0.5) is 8.78 Å². The molecule has 2 fully saturated rings. The quantitative estimate of drug-likeness (QED) is 0.261. The Morgan fingerprint density at radius 3 is 1.22 bits per heavy atom. The van der Waals surface area contributed by atoms with E-state index < -0.39 is 0 Å². The predicted molar refractivity (Wildman–Crippen MR) is 150 cm³/mol. The summed E-state index contributed by atoms with van der Waals surface area (Å²) in [5, 5.41) is 9.43. The van der Waals surface area contributed by atoms with Crippen molar-refractivity contribution in [2.75, 3.05) is 39.3 Å². The fourth-order valence-corrected chi connectivity index (χ4v) is 4.80. The fourth-order valence-electron chi connectivity index (χ4n) is 4.80. The van der Waals surface area contributed by atoms with Gasteiger partial charge < -0.3 is 9.80 Å². The second-order valence-corrected chi connectivity index (χ2v) is 9.41. The van der Waals surface area contributed by atoms with Crippen molar-refractivity contribution in [2.24, 2.45) is 10.2 Å². The second-order valence-electron chi connectivity index (χ2n) is 9.41. The Bertz CT molecular complexity index is 873. The lowest BCUT2D eigenvalue weighted by molar-refractivity contribution is 0.235. The van der Waals surface area contributed by atoms with Crippen molar-refractivity contribution in [3.63, 3.8) is 0 Å². The Balaban J connectivity index is 0.00000228. The van der Waals surface area contributed by atoms with E-state index in [4.69, 9.17) is 10.2 Å². The smallest absolute Gasteiger partial charge is 0.123 e. The molecule has 0 spiro atoms. The monoisotopic (exact) mass is 538 g/mol. The van der Waals surface area contributed by atoms with Crippen molar-refractivity contribution >= 4 is 36.2 Å². The molecule has 0 amide bonds. The normalized spacial score (nSPS) is 17.8. The van der Waals surface area contributed by atoms with Crippen LogP contribution in [0.15, 0.2) is 58.7 Å². The molecule has 4 nitrogen and oxygen atoms in total. The highest BCUT2D eigenvalue weighted by molar-refractivity contribution is 6.03. The number of halogens is 4. The third-order valence-electron chi connectivity index (χ3n) is 6.87. The third kappa shape index (κ3) is 9.55. The van der Waals surface area contributed by atoms with Gasteiger partial charge in [0.25, 0.3) is 0 Å².